The standard InChI is InChI=1S/C24H29ClN4O3/c1-16-3-6-21-19(13-16)27-24(31)22(32-21)15-23(30)26-7-8-28-9-11-29(12-10-28)20-14-18(25)5-4-17(20)2/h3-6,13-14,22H,7-12,15H2,1-2H3,(H,26,30)(H,27,31). The minimum Gasteiger partial charge on any atom is -0.478 e. The van der Waals surface area contributed by atoms with Crippen molar-refractivity contribution in [1.29, 1.82) is 0 Å². The van der Waals surface area contributed by atoms with E-state index >= 15 is 0 Å². The fourth-order valence-corrected chi connectivity index (χ4v) is 4.29. The lowest BCUT2D eigenvalue weighted by molar-refractivity contribution is -0.130. The third-order valence-corrected chi connectivity index (χ3v) is 6.19. The molecule has 7 nitrogen and oxygen atoms in total. The average molecular weight is 457 g/mol. The molecule has 0 spiro atoms. The lowest BCUT2D eigenvalue weighted by Crippen LogP contribution is -2.49. The van der Waals surface area contributed by atoms with Crippen molar-refractivity contribution in [3.63, 3.8) is 0 Å². The molecule has 0 bridgehead atoms. The van der Waals surface area contributed by atoms with Gasteiger partial charge in [0.25, 0.3) is 5.91 Å². The summed E-state index contributed by atoms with van der Waals surface area (Å²) in [6.45, 7) is 9.05. The SMILES string of the molecule is Cc1ccc2c(c1)NC(=O)C(CC(=O)NCCN1CCN(c3cc(Cl)ccc3C)CC1)O2. The van der Waals surface area contributed by atoms with E-state index in [-0.39, 0.29) is 18.2 Å². The third-order valence-electron chi connectivity index (χ3n) is 5.96. The molecular weight excluding hydrogens is 428 g/mol. The van der Waals surface area contributed by atoms with Gasteiger partial charge < -0.3 is 20.3 Å². The number of aryl methyl sites for hydroxylation is 2. The first-order valence-corrected chi connectivity index (χ1v) is 11.3. The van der Waals surface area contributed by atoms with Crippen LogP contribution in [0.2, 0.25) is 5.02 Å². The Kier molecular flexibility index (Phi) is 6.86. The van der Waals surface area contributed by atoms with E-state index in [2.05, 4.69) is 33.4 Å². The smallest absolute Gasteiger partial charge is 0.266 e. The van der Waals surface area contributed by atoms with E-state index in [0.29, 0.717) is 18.0 Å². The van der Waals surface area contributed by atoms with Crippen LogP contribution < -0.4 is 20.3 Å². The zero-order valence-corrected chi connectivity index (χ0v) is 19.2. The van der Waals surface area contributed by atoms with Crippen molar-refractivity contribution in [2.24, 2.45) is 0 Å². The first kappa shape index (κ1) is 22.4. The molecular formula is C24H29ClN4O3. The van der Waals surface area contributed by atoms with Crippen LogP contribution in [0.25, 0.3) is 0 Å². The number of halogens is 1. The summed E-state index contributed by atoms with van der Waals surface area (Å²) < 4.78 is 5.74. The van der Waals surface area contributed by atoms with Gasteiger partial charge in [0, 0.05) is 50.0 Å². The molecule has 2 N–H and O–H groups in total. The lowest BCUT2D eigenvalue weighted by Gasteiger charge is -2.37. The molecule has 1 saturated heterocycles. The summed E-state index contributed by atoms with van der Waals surface area (Å²) in [4.78, 5) is 29.3. The number of nitrogens with zero attached hydrogens (tertiary/aromatic N) is 2. The number of piperazine rings is 1. The fraction of sp³-hybridized carbons (Fsp3) is 0.417. The Morgan fingerprint density at radius 2 is 1.94 bits per heavy atom. The number of nitrogens with one attached hydrogen (secondary N) is 2. The average Bonchev–Trinajstić information content (AvgIpc) is 2.77. The molecule has 1 unspecified atom stereocenters. The van der Waals surface area contributed by atoms with E-state index in [0.717, 1.165) is 43.3 Å². The summed E-state index contributed by atoms with van der Waals surface area (Å²) in [6, 6.07) is 11.6. The molecule has 1 fully saturated rings. The number of benzene rings is 2. The molecule has 4 rings (SSSR count). The Balaban J connectivity index is 1.19. The molecule has 8 heteroatoms. The molecule has 0 saturated carbocycles. The van der Waals surface area contributed by atoms with Gasteiger partial charge in [0.2, 0.25) is 5.91 Å². The highest BCUT2D eigenvalue weighted by atomic mass is 35.5. The summed E-state index contributed by atoms with van der Waals surface area (Å²) >= 11 is 6.16. The van der Waals surface area contributed by atoms with Crippen molar-refractivity contribution in [2.45, 2.75) is 26.4 Å². The van der Waals surface area contributed by atoms with Crippen LogP contribution in [0.1, 0.15) is 17.5 Å². The Hall–Kier alpha value is -2.77. The topological polar surface area (TPSA) is 73.9 Å². The van der Waals surface area contributed by atoms with E-state index in [1.807, 2.05) is 37.3 Å². The van der Waals surface area contributed by atoms with Crippen LogP contribution >= 0.6 is 11.6 Å². The first-order valence-electron chi connectivity index (χ1n) is 11.0. The van der Waals surface area contributed by atoms with Gasteiger partial charge in [0.1, 0.15) is 5.75 Å². The maximum absolute atomic E-state index is 12.4. The first-order chi connectivity index (χ1) is 15.4. The third kappa shape index (κ3) is 5.34. The maximum atomic E-state index is 12.4. The van der Waals surface area contributed by atoms with Gasteiger partial charge in [0.05, 0.1) is 12.1 Å². The molecule has 1 atom stereocenters. The van der Waals surface area contributed by atoms with Crippen LogP contribution in [0.3, 0.4) is 0 Å². The summed E-state index contributed by atoms with van der Waals surface area (Å²) in [7, 11) is 0. The number of carbonyl (C=O) groups is 2. The molecule has 2 amide bonds. The predicted octanol–water partition coefficient (Wildman–Crippen LogP) is 2.98. The molecule has 170 valence electrons. The van der Waals surface area contributed by atoms with Crippen LogP contribution in [-0.4, -0.2) is 62.1 Å². The van der Waals surface area contributed by atoms with Crippen LogP contribution in [-0.2, 0) is 9.59 Å². The van der Waals surface area contributed by atoms with Crippen molar-refractivity contribution < 1.29 is 14.3 Å². The second-order valence-electron chi connectivity index (χ2n) is 8.41. The molecule has 32 heavy (non-hydrogen) atoms. The number of rotatable bonds is 6. The van der Waals surface area contributed by atoms with Crippen molar-refractivity contribution >= 4 is 34.8 Å². The summed E-state index contributed by atoms with van der Waals surface area (Å²) in [5, 5.41) is 6.50. The highest BCUT2D eigenvalue weighted by molar-refractivity contribution is 6.30. The Bertz CT molecular complexity index is 1000. The monoisotopic (exact) mass is 456 g/mol. The largest absolute Gasteiger partial charge is 0.478 e. The fourth-order valence-electron chi connectivity index (χ4n) is 4.13. The Morgan fingerprint density at radius 1 is 1.16 bits per heavy atom. The molecule has 2 aliphatic rings. The second-order valence-corrected chi connectivity index (χ2v) is 8.85. The van der Waals surface area contributed by atoms with Gasteiger partial charge in [-0.05, 0) is 49.2 Å². The summed E-state index contributed by atoms with van der Waals surface area (Å²) in [5.41, 5.74) is 4.10. The van der Waals surface area contributed by atoms with Gasteiger partial charge in [-0.1, -0.05) is 23.7 Å². The molecule has 0 aromatic heterocycles. The number of ether oxygens (including phenoxy) is 1. The van der Waals surface area contributed by atoms with Gasteiger partial charge in [-0.2, -0.15) is 0 Å². The number of hydrogen-bond donors (Lipinski definition) is 2. The van der Waals surface area contributed by atoms with Crippen LogP contribution in [0.5, 0.6) is 5.75 Å². The number of carbonyl (C=O) groups excluding carboxylic acids is 2. The molecule has 2 heterocycles. The number of hydrogen-bond acceptors (Lipinski definition) is 5. The van der Waals surface area contributed by atoms with E-state index in [4.69, 9.17) is 16.3 Å². The molecule has 2 aromatic carbocycles. The zero-order valence-electron chi connectivity index (χ0n) is 18.5. The number of fused-ring (bicyclic) bond motifs is 1. The maximum Gasteiger partial charge on any atom is 0.266 e. The summed E-state index contributed by atoms with van der Waals surface area (Å²) in [6.07, 6.45) is -0.810. The molecule has 2 aromatic rings. The van der Waals surface area contributed by atoms with E-state index < -0.39 is 6.10 Å². The number of amides is 2. The van der Waals surface area contributed by atoms with Gasteiger partial charge in [0.15, 0.2) is 6.10 Å². The van der Waals surface area contributed by atoms with Gasteiger partial charge in [-0.3, -0.25) is 14.5 Å². The lowest BCUT2D eigenvalue weighted by atomic mass is 10.1. The van der Waals surface area contributed by atoms with Crippen molar-refractivity contribution in [2.75, 3.05) is 49.5 Å². The van der Waals surface area contributed by atoms with Crippen LogP contribution in [0.15, 0.2) is 36.4 Å². The minimum atomic E-state index is -0.810. The molecule has 0 radical (unpaired) electrons. The highest BCUT2D eigenvalue weighted by Crippen LogP contribution is 2.31. The van der Waals surface area contributed by atoms with E-state index in [1.54, 1.807) is 0 Å². The quantitative estimate of drug-likeness (QED) is 0.699. The zero-order chi connectivity index (χ0) is 22.7. The Morgan fingerprint density at radius 3 is 2.72 bits per heavy atom. The number of anilines is 2. The van der Waals surface area contributed by atoms with Gasteiger partial charge >= 0.3 is 0 Å². The second kappa shape index (κ2) is 9.79. The Labute approximate surface area is 193 Å². The van der Waals surface area contributed by atoms with Crippen molar-refractivity contribution in [3.8, 4) is 5.75 Å². The molecule has 0 aliphatic carbocycles. The highest BCUT2D eigenvalue weighted by Gasteiger charge is 2.29. The normalized spacial score (nSPS) is 18.5. The van der Waals surface area contributed by atoms with Crippen LogP contribution in [0.4, 0.5) is 11.4 Å². The van der Waals surface area contributed by atoms with Crippen molar-refractivity contribution in [3.05, 3.63) is 52.5 Å². The van der Waals surface area contributed by atoms with Gasteiger partial charge in [-0.25, -0.2) is 0 Å². The summed E-state index contributed by atoms with van der Waals surface area (Å²) in [5.74, 6) is 0.125. The van der Waals surface area contributed by atoms with Crippen molar-refractivity contribution in [1.82, 2.24) is 10.2 Å². The van der Waals surface area contributed by atoms with Gasteiger partial charge in [-0.15, -0.1) is 0 Å². The molecule has 2 aliphatic heterocycles. The van der Waals surface area contributed by atoms with Crippen LogP contribution in [0, 0.1) is 13.8 Å². The van der Waals surface area contributed by atoms with E-state index in [1.165, 1.54) is 11.3 Å². The van der Waals surface area contributed by atoms with E-state index in [9.17, 15) is 9.59 Å². The minimum absolute atomic E-state index is 0.000963. The predicted molar refractivity (Wildman–Crippen MR) is 127 cm³/mol.